The second-order valence-electron chi connectivity index (χ2n) is 7.25. The van der Waals surface area contributed by atoms with Gasteiger partial charge >= 0.3 is 6.61 Å². The molecule has 0 aliphatic heterocycles. The predicted molar refractivity (Wildman–Crippen MR) is 106 cm³/mol. The molecule has 0 saturated heterocycles. The van der Waals surface area contributed by atoms with Gasteiger partial charge in [0.25, 0.3) is 0 Å². The summed E-state index contributed by atoms with van der Waals surface area (Å²) in [4.78, 5) is 0. The summed E-state index contributed by atoms with van der Waals surface area (Å²) >= 11 is 0. The standard InChI is InChI=1S/C24H19F7O/c1-2-3-13-8-17(25)16(18(26)9-13)6-4-14-10-20(28)23(21(29)11-14)15-5-7-22(19(27)12-15)32-24(30)31/h5,7-12,24H,2-4,6H2,1H3. The van der Waals surface area contributed by atoms with Crippen molar-refractivity contribution in [1.82, 2.24) is 0 Å². The number of rotatable bonds is 8. The minimum Gasteiger partial charge on any atom is -0.432 e. The average molecular weight is 456 g/mol. The first-order chi connectivity index (χ1) is 15.2. The highest BCUT2D eigenvalue weighted by atomic mass is 19.3. The van der Waals surface area contributed by atoms with Crippen molar-refractivity contribution in [2.24, 2.45) is 0 Å². The highest BCUT2D eigenvalue weighted by Gasteiger charge is 2.18. The second kappa shape index (κ2) is 10.1. The Morgan fingerprint density at radius 3 is 1.78 bits per heavy atom. The number of benzene rings is 3. The Labute approximate surface area is 180 Å². The van der Waals surface area contributed by atoms with Crippen LogP contribution in [0.2, 0.25) is 0 Å². The van der Waals surface area contributed by atoms with Gasteiger partial charge in [-0.1, -0.05) is 19.4 Å². The molecule has 0 N–H and O–H groups in total. The second-order valence-corrected chi connectivity index (χ2v) is 7.25. The Bertz CT molecular complexity index is 1070. The lowest BCUT2D eigenvalue weighted by Crippen LogP contribution is -2.04. The maximum absolute atomic E-state index is 14.6. The monoisotopic (exact) mass is 456 g/mol. The fourth-order valence-electron chi connectivity index (χ4n) is 3.49. The molecule has 0 bridgehead atoms. The number of aryl methyl sites for hydroxylation is 2. The van der Waals surface area contributed by atoms with Gasteiger partial charge in [-0.15, -0.1) is 0 Å². The molecule has 8 heteroatoms. The van der Waals surface area contributed by atoms with Crippen LogP contribution in [0.3, 0.4) is 0 Å². The molecule has 3 aromatic rings. The van der Waals surface area contributed by atoms with Crippen LogP contribution in [0.15, 0.2) is 42.5 Å². The normalized spacial score (nSPS) is 11.3. The molecule has 0 heterocycles. The highest BCUT2D eigenvalue weighted by molar-refractivity contribution is 5.66. The van der Waals surface area contributed by atoms with Crippen LogP contribution in [0.5, 0.6) is 5.75 Å². The summed E-state index contributed by atoms with van der Waals surface area (Å²) in [6.45, 7) is -1.36. The van der Waals surface area contributed by atoms with Crippen LogP contribution in [-0.4, -0.2) is 6.61 Å². The van der Waals surface area contributed by atoms with Gasteiger partial charge in [0.15, 0.2) is 11.6 Å². The summed E-state index contributed by atoms with van der Waals surface area (Å²) in [5.74, 6) is -5.44. The summed E-state index contributed by atoms with van der Waals surface area (Å²) in [7, 11) is 0. The number of hydrogen-bond acceptors (Lipinski definition) is 1. The molecular formula is C24H19F7O. The van der Waals surface area contributed by atoms with Crippen LogP contribution < -0.4 is 4.74 Å². The third-order valence-electron chi connectivity index (χ3n) is 4.94. The van der Waals surface area contributed by atoms with Crippen molar-refractivity contribution in [1.29, 1.82) is 0 Å². The first-order valence-corrected chi connectivity index (χ1v) is 9.89. The van der Waals surface area contributed by atoms with E-state index in [0.717, 1.165) is 30.7 Å². The maximum Gasteiger partial charge on any atom is 0.387 e. The molecule has 1 nitrogen and oxygen atoms in total. The number of alkyl halides is 2. The molecule has 170 valence electrons. The van der Waals surface area contributed by atoms with Gasteiger partial charge in [0.2, 0.25) is 0 Å². The van der Waals surface area contributed by atoms with E-state index in [-0.39, 0.29) is 29.5 Å². The average Bonchev–Trinajstić information content (AvgIpc) is 2.69. The molecule has 0 unspecified atom stereocenters. The van der Waals surface area contributed by atoms with Crippen LogP contribution in [-0.2, 0) is 19.3 Å². The van der Waals surface area contributed by atoms with Crippen LogP contribution >= 0.6 is 0 Å². The van der Waals surface area contributed by atoms with E-state index in [2.05, 4.69) is 4.74 Å². The van der Waals surface area contributed by atoms with E-state index < -0.39 is 47.0 Å². The quantitative estimate of drug-likeness (QED) is 0.321. The Morgan fingerprint density at radius 2 is 1.25 bits per heavy atom. The van der Waals surface area contributed by atoms with Crippen LogP contribution in [0, 0.1) is 29.1 Å². The van der Waals surface area contributed by atoms with Crippen molar-refractivity contribution < 1.29 is 35.5 Å². The molecule has 0 aromatic heterocycles. The SMILES string of the molecule is CCCc1cc(F)c(CCc2cc(F)c(-c3ccc(OC(F)F)c(F)c3)c(F)c2)c(F)c1. The first kappa shape index (κ1) is 23.6. The van der Waals surface area contributed by atoms with E-state index in [9.17, 15) is 30.7 Å². The van der Waals surface area contributed by atoms with E-state index in [1.165, 1.54) is 12.1 Å². The highest BCUT2D eigenvalue weighted by Crippen LogP contribution is 2.31. The summed E-state index contributed by atoms with van der Waals surface area (Å²) in [6, 6.07) is 7.05. The molecule has 32 heavy (non-hydrogen) atoms. The minimum atomic E-state index is -3.25. The third kappa shape index (κ3) is 5.41. The zero-order chi connectivity index (χ0) is 23.4. The van der Waals surface area contributed by atoms with Gasteiger partial charge < -0.3 is 4.74 Å². The lowest BCUT2D eigenvalue weighted by atomic mass is 9.97. The molecule has 0 atom stereocenters. The van der Waals surface area contributed by atoms with Crippen molar-refractivity contribution in [2.75, 3.05) is 0 Å². The van der Waals surface area contributed by atoms with Gasteiger partial charge in [-0.2, -0.15) is 8.78 Å². The zero-order valence-electron chi connectivity index (χ0n) is 17.0. The van der Waals surface area contributed by atoms with Crippen molar-refractivity contribution in [2.45, 2.75) is 39.2 Å². The molecule has 3 aromatic carbocycles. The lowest BCUT2D eigenvalue weighted by Gasteiger charge is -2.12. The van der Waals surface area contributed by atoms with Crippen molar-refractivity contribution in [3.8, 4) is 16.9 Å². The first-order valence-electron chi connectivity index (χ1n) is 9.89. The van der Waals surface area contributed by atoms with Crippen LogP contribution in [0.1, 0.15) is 30.0 Å². The molecule has 0 saturated carbocycles. The topological polar surface area (TPSA) is 9.23 Å². The largest absolute Gasteiger partial charge is 0.432 e. The smallest absolute Gasteiger partial charge is 0.387 e. The van der Waals surface area contributed by atoms with Crippen molar-refractivity contribution >= 4 is 0 Å². The Kier molecular flexibility index (Phi) is 7.43. The minimum absolute atomic E-state index is 0.0371. The van der Waals surface area contributed by atoms with Gasteiger partial charge in [-0.05, 0) is 72.4 Å². The summed E-state index contributed by atoms with van der Waals surface area (Å²) in [5, 5.41) is 0. The van der Waals surface area contributed by atoms with Crippen LogP contribution in [0.4, 0.5) is 30.7 Å². The molecule has 0 spiro atoms. The van der Waals surface area contributed by atoms with Gasteiger partial charge in [0.1, 0.15) is 23.3 Å². The third-order valence-corrected chi connectivity index (χ3v) is 4.94. The number of ether oxygens (including phenoxy) is 1. The fraction of sp³-hybridized carbons (Fsp3) is 0.250. The van der Waals surface area contributed by atoms with Gasteiger partial charge in [-0.3, -0.25) is 0 Å². The Hall–Kier alpha value is -3.03. The maximum atomic E-state index is 14.6. The summed E-state index contributed by atoms with van der Waals surface area (Å²) in [6.07, 6.45) is 1.11. The fourth-order valence-corrected chi connectivity index (χ4v) is 3.49. The molecule has 0 amide bonds. The van der Waals surface area contributed by atoms with E-state index in [1.807, 2.05) is 6.92 Å². The van der Waals surface area contributed by atoms with E-state index >= 15 is 0 Å². The van der Waals surface area contributed by atoms with E-state index in [0.29, 0.717) is 18.1 Å². The van der Waals surface area contributed by atoms with Gasteiger partial charge in [0, 0.05) is 5.56 Å². The lowest BCUT2D eigenvalue weighted by molar-refractivity contribution is -0.0521. The van der Waals surface area contributed by atoms with Crippen molar-refractivity contribution in [3.05, 3.63) is 88.2 Å². The number of halogens is 7. The van der Waals surface area contributed by atoms with E-state index in [4.69, 9.17) is 0 Å². The van der Waals surface area contributed by atoms with Gasteiger partial charge in [-0.25, -0.2) is 22.0 Å². The van der Waals surface area contributed by atoms with Crippen molar-refractivity contribution in [3.63, 3.8) is 0 Å². The summed E-state index contributed by atoms with van der Waals surface area (Å²) in [5.41, 5.74) is -0.263. The Morgan fingerprint density at radius 1 is 0.688 bits per heavy atom. The molecule has 0 fully saturated rings. The summed E-state index contributed by atoms with van der Waals surface area (Å²) < 4.78 is 100. The Balaban J connectivity index is 1.82. The molecular weight excluding hydrogens is 437 g/mol. The molecule has 0 radical (unpaired) electrons. The zero-order valence-corrected chi connectivity index (χ0v) is 17.0. The number of hydrogen-bond donors (Lipinski definition) is 0. The van der Waals surface area contributed by atoms with Crippen LogP contribution in [0.25, 0.3) is 11.1 Å². The van der Waals surface area contributed by atoms with Gasteiger partial charge in [0.05, 0.1) is 5.56 Å². The van der Waals surface area contributed by atoms with E-state index in [1.54, 1.807) is 0 Å². The molecule has 0 aliphatic rings. The molecule has 0 aliphatic carbocycles. The predicted octanol–water partition coefficient (Wildman–Crippen LogP) is 7.39. The molecule has 3 rings (SSSR count).